The molecule has 0 aliphatic carbocycles. The zero-order valence-corrected chi connectivity index (χ0v) is 12.1. The maximum atomic E-state index is 6.28. The van der Waals surface area contributed by atoms with Crippen LogP contribution in [0.15, 0.2) is 24.3 Å². The van der Waals surface area contributed by atoms with Crippen molar-refractivity contribution in [1.82, 2.24) is 0 Å². The second-order valence-corrected chi connectivity index (χ2v) is 5.37. The molecule has 0 spiro atoms. The van der Waals surface area contributed by atoms with E-state index in [4.69, 9.17) is 26.8 Å². The number of hydrogen-bond donors (Lipinski definition) is 1. The highest BCUT2D eigenvalue weighted by molar-refractivity contribution is 6.31. The monoisotopic (exact) mass is 283 g/mol. The standard InChI is InChI=1S/C15H22ClNO2/c1-2-14(17)15(12-5-3-4-6-13(12)16)19-11-7-9-18-10-8-11/h3-6,11,14-15H,2,7-10,17H2,1H3. The van der Waals surface area contributed by atoms with Gasteiger partial charge in [0.2, 0.25) is 0 Å². The van der Waals surface area contributed by atoms with Gasteiger partial charge in [-0.25, -0.2) is 0 Å². The van der Waals surface area contributed by atoms with Gasteiger partial charge in [-0.1, -0.05) is 36.7 Å². The van der Waals surface area contributed by atoms with Gasteiger partial charge in [-0.2, -0.15) is 0 Å². The van der Waals surface area contributed by atoms with Gasteiger partial charge >= 0.3 is 0 Å². The van der Waals surface area contributed by atoms with Gasteiger partial charge in [0.15, 0.2) is 0 Å². The quantitative estimate of drug-likeness (QED) is 0.902. The van der Waals surface area contributed by atoms with Crippen molar-refractivity contribution in [3.05, 3.63) is 34.9 Å². The molecule has 1 aromatic rings. The molecule has 19 heavy (non-hydrogen) atoms. The first-order chi connectivity index (χ1) is 9.22. The second kappa shape index (κ2) is 7.25. The molecule has 2 rings (SSSR count). The van der Waals surface area contributed by atoms with Crippen LogP contribution in [-0.2, 0) is 9.47 Å². The second-order valence-electron chi connectivity index (χ2n) is 4.96. The highest BCUT2D eigenvalue weighted by Gasteiger charge is 2.26. The molecule has 0 bridgehead atoms. The molecule has 2 N–H and O–H groups in total. The molecule has 106 valence electrons. The smallest absolute Gasteiger partial charge is 0.0993 e. The highest BCUT2D eigenvalue weighted by Crippen LogP contribution is 2.31. The summed E-state index contributed by atoms with van der Waals surface area (Å²) in [7, 11) is 0. The fourth-order valence-electron chi connectivity index (χ4n) is 2.34. The van der Waals surface area contributed by atoms with Crippen molar-refractivity contribution in [3.8, 4) is 0 Å². The zero-order chi connectivity index (χ0) is 13.7. The predicted molar refractivity (Wildman–Crippen MR) is 77.4 cm³/mol. The lowest BCUT2D eigenvalue weighted by Crippen LogP contribution is -2.34. The maximum absolute atomic E-state index is 6.28. The van der Waals surface area contributed by atoms with Crippen molar-refractivity contribution in [2.45, 2.75) is 44.4 Å². The Kier molecular flexibility index (Phi) is 5.64. The largest absolute Gasteiger partial charge is 0.381 e. The summed E-state index contributed by atoms with van der Waals surface area (Å²) in [6, 6.07) is 7.75. The number of halogens is 1. The molecule has 1 aromatic carbocycles. The van der Waals surface area contributed by atoms with E-state index in [1.165, 1.54) is 0 Å². The van der Waals surface area contributed by atoms with Gasteiger partial charge in [0.25, 0.3) is 0 Å². The van der Waals surface area contributed by atoms with E-state index in [2.05, 4.69) is 6.92 Å². The molecule has 0 radical (unpaired) electrons. The Labute approximate surface area is 120 Å². The summed E-state index contributed by atoms with van der Waals surface area (Å²) >= 11 is 6.28. The normalized spacial score (nSPS) is 20.2. The van der Waals surface area contributed by atoms with Crippen LogP contribution in [0.25, 0.3) is 0 Å². The molecular weight excluding hydrogens is 262 g/mol. The molecule has 2 atom stereocenters. The fourth-order valence-corrected chi connectivity index (χ4v) is 2.59. The van der Waals surface area contributed by atoms with Gasteiger partial charge in [0.05, 0.1) is 12.2 Å². The number of benzene rings is 1. The molecule has 0 saturated carbocycles. The summed E-state index contributed by atoms with van der Waals surface area (Å²) < 4.78 is 11.6. The molecule has 1 aliphatic heterocycles. The van der Waals surface area contributed by atoms with Crippen LogP contribution in [0.5, 0.6) is 0 Å². The van der Waals surface area contributed by atoms with Crippen LogP contribution in [-0.4, -0.2) is 25.4 Å². The van der Waals surface area contributed by atoms with Gasteiger partial charge in [-0.15, -0.1) is 0 Å². The minimum absolute atomic E-state index is 0.0391. The van der Waals surface area contributed by atoms with Gasteiger partial charge in [-0.05, 0) is 25.3 Å². The molecule has 4 heteroatoms. The zero-order valence-electron chi connectivity index (χ0n) is 11.3. The Morgan fingerprint density at radius 3 is 2.68 bits per heavy atom. The minimum Gasteiger partial charge on any atom is -0.381 e. The lowest BCUT2D eigenvalue weighted by Gasteiger charge is -2.31. The summed E-state index contributed by atoms with van der Waals surface area (Å²) in [6.45, 7) is 3.60. The SMILES string of the molecule is CCC(N)C(OC1CCOCC1)c1ccccc1Cl. The Morgan fingerprint density at radius 2 is 2.05 bits per heavy atom. The number of rotatable bonds is 5. The van der Waals surface area contributed by atoms with Crippen LogP contribution in [0.1, 0.15) is 37.9 Å². The summed E-state index contributed by atoms with van der Waals surface area (Å²) in [5.41, 5.74) is 7.21. The molecule has 1 aliphatic rings. The number of ether oxygens (including phenoxy) is 2. The topological polar surface area (TPSA) is 44.5 Å². The van der Waals surface area contributed by atoms with E-state index in [1.807, 2.05) is 24.3 Å². The molecule has 1 saturated heterocycles. The number of hydrogen-bond acceptors (Lipinski definition) is 3. The van der Waals surface area contributed by atoms with Crippen molar-refractivity contribution in [2.24, 2.45) is 5.73 Å². The highest BCUT2D eigenvalue weighted by atomic mass is 35.5. The first kappa shape index (κ1) is 14.8. The molecule has 0 amide bonds. The summed E-state index contributed by atoms with van der Waals surface area (Å²) in [5, 5.41) is 0.725. The third kappa shape index (κ3) is 3.93. The van der Waals surface area contributed by atoms with E-state index in [0.29, 0.717) is 0 Å². The van der Waals surface area contributed by atoms with Gasteiger partial charge in [0.1, 0.15) is 0 Å². The molecule has 1 heterocycles. The predicted octanol–water partition coefficient (Wildman–Crippen LogP) is 3.31. The van der Waals surface area contributed by atoms with Crippen molar-refractivity contribution in [3.63, 3.8) is 0 Å². The Hall–Kier alpha value is -0.610. The van der Waals surface area contributed by atoms with Gasteiger partial charge < -0.3 is 15.2 Å². The summed E-state index contributed by atoms with van der Waals surface area (Å²) in [5.74, 6) is 0. The maximum Gasteiger partial charge on any atom is 0.0993 e. The van der Waals surface area contributed by atoms with Crippen LogP contribution in [0.2, 0.25) is 5.02 Å². The van der Waals surface area contributed by atoms with E-state index in [-0.39, 0.29) is 18.2 Å². The first-order valence-electron chi connectivity index (χ1n) is 6.95. The fraction of sp³-hybridized carbons (Fsp3) is 0.600. The summed E-state index contributed by atoms with van der Waals surface area (Å²) in [4.78, 5) is 0. The van der Waals surface area contributed by atoms with Crippen LogP contribution in [0.3, 0.4) is 0 Å². The third-order valence-electron chi connectivity index (χ3n) is 3.58. The van der Waals surface area contributed by atoms with E-state index in [9.17, 15) is 0 Å². The average molecular weight is 284 g/mol. The van der Waals surface area contributed by atoms with Crippen LogP contribution in [0.4, 0.5) is 0 Å². The van der Waals surface area contributed by atoms with Crippen molar-refractivity contribution < 1.29 is 9.47 Å². The van der Waals surface area contributed by atoms with Crippen LogP contribution in [0, 0.1) is 0 Å². The average Bonchev–Trinajstić information content (AvgIpc) is 2.46. The van der Waals surface area contributed by atoms with E-state index in [0.717, 1.165) is 43.1 Å². The molecule has 0 aromatic heterocycles. The van der Waals surface area contributed by atoms with Crippen LogP contribution >= 0.6 is 11.6 Å². The Morgan fingerprint density at radius 1 is 1.37 bits per heavy atom. The van der Waals surface area contributed by atoms with E-state index in [1.54, 1.807) is 0 Å². The molecule has 1 fully saturated rings. The molecular formula is C15H22ClNO2. The minimum atomic E-state index is -0.137. The molecule has 3 nitrogen and oxygen atoms in total. The third-order valence-corrected chi connectivity index (χ3v) is 3.92. The van der Waals surface area contributed by atoms with Crippen molar-refractivity contribution >= 4 is 11.6 Å². The molecule has 2 unspecified atom stereocenters. The van der Waals surface area contributed by atoms with E-state index >= 15 is 0 Å². The van der Waals surface area contributed by atoms with Gasteiger partial charge in [-0.3, -0.25) is 0 Å². The van der Waals surface area contributed by atoms with Crippen LogP contribution < -0.4 is 5.73 Å². The van der Waals surface area contributed by atoms with Crippen molar-refractivity contribution in [1.29, 1.82) is 0 Å². The lowest BCUT2D eigenvalue weighted by molar-refractivity contribution is -0.0777. The van der Waals surface area contributed by atoms with Gasteiger partial charge in [0, 0.05) is 29.8 Å². The lowest BCUT2D eigenvalue weighted by atomic mass is 10.00. The number of nitrogens with two attached hydrogens (primary N) is 1. The Balaban J connectivity index is 2.13. The first-order valence-corrected chi connectivity index (χ1v) is 7.33. The van der Waals surface area contributed by atoms with E-state index < -0.39 is 0 Å². The summed E-state index contributed by atoms with van der Waals surface area (Å²) in [6.07, 6.45) is 2.79. The van der Waals surface area contributed by atoms with Crippen molar-refractivity contribution in [2.75, 3.05) is 13.2 Å². The Bertz CT molecular complexity index is 393.